The number of carbonyl (C=O) groups excluding carboxylic acids is 2. The molecule has 0 aliphatic rings. The summed E-state index contributed by atoms with van der Waals surface area (Å²) in [6.45, 7) is 2.43. The van der Waals surface area contributed by atoms with E-state index >= 15 is 0 Å². The van der Waals surface area contributed by atoms with Crippen molar-refractivity contribution in [1.82, 2.24) is 9.88 Å². The summed E-state index contributed by atoms with van der Waals surface area (Å²) in [6.07, 6.45) is 0. The highest BCUT2D eigenvalue weighted by Crippen LogP contribution is 2.37. The zero-order valence-corrected chi connectivity index (χ0v) is 16.8. The molecule has 1 heterocycles. The molecule has 0 bridgehead atoms. The molecular weight excluding hydrogens is 415 g/mol. The molecule has 0 radical (unpaired) electrons. The molecule has 3 aromatic rings. The third-order valence-electron chi connectivity index (χ3n) is 4.87. The molecule has 1 atom stereocenters. The van der Waals surface area contributed by atoms with Gasteiger partial charge in [-0.05, 0) is 55.8 Å². The number of nitrogens with zero attached hydrogens (tertiary/aromatic N) is 1. The van der Waals surface area contributed by atoms with Crippen molar-refractivity contribution in [2.24, 2.45) is 0 Å². The predicted octanol–water partition coefficient (Wildman–Crippen LogP) is 3.44. The van der Waals surface area contributed by atoms with Gasteiger partial charge in [0, 0.05) is 21.7 Å². The number of rotatable bonds is 5. The standard InChI is InChI=1S/C21H18ClFN2O5/c1-10(20(29)24-9-16(27)28)17-11(2)25(14-7-8-15(26)19(23)18(14)17)21(30)12-3-5-13(22)6-4-12/h3-8,10,26H,9H2,1-2H3,(H,24,29)(H,27,28)/t10-/m0/s1. The number of aromatic nitrogens is 1. The van der Waals surface area contributed by atoms with Crippen LogP contribution in [-0.2, 0) is 9.59 Å². The van der Waals surface area contributed by atoms with Gasteiger partial charge in [-0.25, -0.2) is 4.39 Å². The number of nitrogens with one attached hydrogen (secondary N) is 1. The zero-order chi connectivity index (χ0) is 22.2. The second-order valence-electron chi connectivity index (χ2n) is 6.77. The number of carbonyl (C=O) groups is 3. The van der Waals surface area contributed by atoms with Crippen LogP contribution in [0.15, 0.2) is 36.4 Å². The van der Waals surface area contributed by atoms with Crippen LogP contribution in [0.1, 0.15) is 34.5 Å². The Morgan fingerprint density at radius 1 is 1.17 bits per heavy atom. The van der Waals surface area contributed by atoms with E-state index in [0.29, 0.717) is 16.3 Å². The van der Waals surface area contributed by atoms with Crippen LogP contribution in [0.2, 0.25) is 5.02 Å². The number of aromatic hydroxyl groups is 1. The summed E-state index contributed by atoms with van der Waals surface area (Å²) in [6, 6.07) is 8.66. The van der Waals surface area contributed by atoms with Gasteiger partial charge in [-0.1, -0.05) is 11.6 Å². The van der Waals surface area contributed by atoms with Crippen LogP contribution in [0.25, 0.3) is 10.9 Å². The van der Waals surface area contributed by atoms with Gasteiger partial charge in [0.25, 0.3) is 5.91 Å². The van der Waals surface area contributed by atoms with E-state index < -0.39 is 41.8 Å². The number of carboxylic acids is 1. The Labute approximate surface area is 175 Å². The minimum atomic E-state index is -1.23. The lowest BCUT2D eigenvalue weighted by Gasteiger charge is -2.13. The van der Waals surface area contributed by atoms with Crippen LogP contribution in [0.3, 0.4) is 0 Å². The molecule has 0 unspecified atom stereocenters. The molecule has 0 saturated carbocycles. The highest BCUT2D eigenvalue weighted by molar-refractivity contribution is 6.30. The predicted molar refractivity (Wildman–Crippen MR) is 109 cm³/mol. The van der Waals surface area contributed by atoms with Gasteiger partial charge in [0.2, 0.25) is 5.91 Å². The Hall–Kier alpha value is -3.39. The van der Waals surface area contributed by atoms with Gasteiger partial charge < -0.3 is 15.5 Å². The molecular formula is C21H18ClFN2O5. The average Bonchev–Trinajstić information content (AvgIpc) is 3.00. The number of fused-ring (bicyclic) bond motifs is 1. The van der Waals surface area contributed by atoms with E-state index in [1.54, 1.807) is 19.1 Å². The normalized spacial score (nSPS) is 12.0. The fourth-order valence-electron chi connectivity index (χ4n) is 3.44. The summed E-state index contributed by atoms with van der Waals surface area (Å²) in [4.78, 5) is 36.4. The summed E-state index contributed by atoms with van der Waals surface area (Å²) < 4.78 is 16.2. The van der Waals surface area contributed by atoms with Gasteiger partial charge in [0.1, 0.15) is 6.54 Å². The van der Waals surface area contributed by atoms with E-state index in [9.17, 15) is 23.9 Å². The number of phenolic OH excluding ortho intramolecular Hbond substituents is 1. The van der Waals surface area contributed by atoms with Gasteiger partial charge in [0.05, 0.1) is 11.4 Å². The maximum Gasteiger partial charge on any atom is 0.322 e. The highest BCUT2D eigenvalue weighted by atomic mass is 35.5. The van der Waals surface area contributed by atoms with Crippen LogP contribution in [-0.4, -0.2) is 39.1 Å². The van der Waals surface area contributed by atoms with Crippen molar-refractivity contribution in [3.8, 4) is 5.75 Å². The molecule has 2 aromatic carbocycles. The molecule has 9 heteroatoms. The van der Waals surface area contributed by atoms with Crippen molar-refractivity contribution in [3.05, 3.63) is 64.1 Å². The first-order valence-corrected chi connectivity index (χ1v) is 9.33. The lowest BCUT2D eigenvalue weighted by atomic mass is 9.96. The quantitative estimate of drug-likeness (QED) is 0.572. The largest absolute Gasteiger partial charge is 0.505 e. The van der Waals surface area contributed by atoms with Crippen molar-refractivity contribution >= 4 is 40.3 Å². The monoisotopic (exact) mass is 432 g/mol. The number of benzene rings is 2. The minimum absolute atomic E-state index is 0.0761. The van der Waals surface area contributed by atoms with E-state index in [1.807, 2.05) is 0 Å². The fourth-order valence-corrected chi connectivity index (χ4v) is 3.57. The van der Waals surface area contributed by atoms with Gasteiger partial charge >= 0.3 is 5.97 Å². The van der Waals surface area contributed by atoms with Crippen LogP contribution >= 0.6 is 11.6 Å². The maximum absolute atomic E-state index is 14.9. The fraction of sp³-hybridized carbons (Fsp3) is 0.190. The highest BCUT2D eigenvalue weighted by Gasteiger charge is 2.29. The lowest BCUT2D eigenvalue weighted by Crippen LogP contribution is -2.32. The Bertz CT molecular complexity index is 1170. The summed E-state index contributed by atoms with van der Waals surface area (Å²) in [7, 11) is 0. The van der Waals surface area contributed by atoms with E-state index in [-0.39, 0.29) is 16.5 Å². The first-order valence-electron chi connectivity index (χ1n) is 8.95. The van der Waals surface area contributed by atoms with Crippen LogP contribution in [0, 0.1) is 12.7 Å². The SMILES string of the molecule is Cc1c([C@H](C)C(=O)NCC(=O)O)c2c(F)c(O)ccc2n1C(=O)c1ccc(Cl)cc1. The number of halogens is 2. The maximum atomic E-state index is 14.9. The van der Waals surface area contributed by atoms with Crippen molar-refractivity contribution in [1.29, 1.82) is 0 Å². The number of carboxylic acid groups (broad SMARTS) is 1. The third-order valence-corrected chi connectivity index (χ3v) is 5.12. The number of aliphatic carboxylic acids is 1. The van der Waals surface area contributed by atoms with Crippen molar-refractivity contribution < 1.29 is 29.0 Å². The topological polar surface area (TPSA) is 109 Å². The first-order chi connectivity index (χ1) is 14.1. The smallest absolute Gasteiger partial charge is 0.322 e. The number of amides is 1. The zero-order valence-electron chi connectivity index (χ0n) is 16.1. The summed E-state index contributed by atoms with van der Waals surface area (Å²) in [5.74, 6) is -4.92. The van der Waals surface area contributed by atoms with E-state index in [0.717, 1.165) is 6.07 Å². The van der Waals surface area contributed by atoms with Crippen molar-refractivity contribution in [2.45, 2.75) is 19.8 Å². The van der Waals surface area contributed by atoms with Gasteiger partial charge in [0.15, 0.2) is 11.6 Å². The Kier molecular flexibility index (Phi) is 5.80. The van der Waals surface area contributed by atoms with Crippen molar-refractivity contribution in [3.63, 3.8) is 0 Å². The molecule has 1 amide bonds. The van der Waals surface area contributed by atoms with Gasteiger partial charge in [-0.3, -0.25) is 19.0 Å². The van der Waals surface area contributed by atoms with Gasteiger partial charge in [-0.15, -0.1) is 0 Å². The molecule has 1 aromatic heterocycles. The number of hydrogen-bond acceptors (Lipinski definition) is 4. The first kappa shape index (κ1) is 21.3. The molecule has 0 aliphatic carbocycles. The summed E-state index contributed by atoms with van der Waals surface area (Å²) >= 11 is 5.88. The van der Waals surface area contributed by atoms with E-state index in [4.69, 9.17) is 16.7 Å². The molecule has 0 aliphatic heterocycles. The summed E-state index contributed by atoms with van der Waals surface area (Å²) in [5.41, 5.74) is 0.953. The Balaban J connectivity index is 2.20. The van der Waals surface area contributed by atoms with Crippen LogP contribution in [0.5, 0.6) is 5.75 Å². The second kappa shape index (κ2) is 8.16. The van der Waals surface area contributed by atoms with E-state index in [1.165, 1.54) is 29.7 Å². The second-order valence-corrected chi connectivity index (χ2v) is 7.21. The number of hydrogen-bond donors (Lipinski definition) is 3. The Morgan fingerprint density at radius 3 is 2.40 bits per heavy atom. The Morgan fingerprint density at radius 2 is 1.80 bits per heavy atom. The third kappa shape index (κ3) is 3.73. The molecule has 3 rings (SSSR count). The average molecular weight is 433 g/mol. The molecule has 3 N–H and O–H groups in total. The molecule has 156 valence electrons. The van der Waals surface area contributed by atoms with E-state index in [2.05, 4.69) is 5.32 Å². The minimum Gasteiger partial charge on any atom is -0.505 e. The molecule has 7 nitrogen and oxygen atoms in total. The molecule has 0 fully saturated rings. The van der Waals surface area contributed by atoms with Crippen LogP contribution in [0.4, 0.5) is 4.39 Å². The number of phenols is 1. The van der Waals surface area contributed by atoms with Crippen LogP contribution < -0.4 is 5.32 Å². The lowest BCUT2D eigenvalue weighted by molar-refractivity contribution is -0.138. The van der Waals surface area contributed by atoms with Gasteiger partial charge in [-0.2, -0.15) is 0 Å². The molecule has 0 saturated heterocycles. The summed E-state index contributed by atoms with van der Waals surface area (Å²) in [5, 5.41) is 21.3. The molecule has 0 spiro atoms. The van der Waals surface area contributed by atoms with Crippen molar-refractivity contribution in [2.75, 3.05) is 6.54 Å². The molecule has 30 heavy (non-hydrogen) atoms.